The summed E-state index contributed by atoms with van der Waals surface area (Å²) < 4.78 is 2.19. The molecule has 0 saturated carbocycles. The number of H-pyrrole nitrogens is 1. The van der Waals surface area contributed by atoms with E-state index >= 15 is 0 Å². The molecule has 0 aromatic carbocycles. The fourth-order valence-corrected chi connectivity index (χ4v) is 3.20. The van der Waals surface area contributed by atoms with E-state index in [1.165, 1.54) is 95.7 Å². The number of aromatic amines is 1. The summed E-state index contributed by atoms with van der Waals surface area (Å²) in [6.45, 7) is 3.69. The van der Waals surface area contributed by atoms with E-state index in [0.29, 0.717) is 0 Å². The van der Waals surface area contributed by atoms with Crippen LogP contribution in [0.1, 0.15) is 89.3 Å². The zero-order valence-electron chi connectivity index (χ0n) is 15.9. The molecule has 0 unspecified atom stereocenters. The van der Waals surface area contributed by atoms with Gasteiger partial charge in [0.15, 0.2) is 0 Å². The molecule has 0 bridgehead atoms. The number of unbranched alkanes of at least 4 members (excludes halogenated alkanes) is 12. The van der Waals surface area contributed by atoms with Crippen LogP contribution in [0, 0.1) is 0 Å². The minimum absolute atomic E-state index is 1.19. The quantitative estimate of drug-likeness (QED) is 0.211. The highest BCUT2D eigenvalue weighted by molar-refractivity contribution is 4.96. The van der Waals surface area contributed by atoms with Crippen LogP contribution in [0.4, 0.5) is 0 Å². The largest absolute Gasteiger partial charge is 0.253 e. The molecule has 0 fully saturated rings. The Bertz CT molecular complexity index is 431. The van der Waals surface area contributed by atoms with Crippen molar-refractivity contribution in [1.82, 2.24) is 4.98 Å². The lowest BCUT2D eigenvalue weighted by atomic mass is 10.0. The van der Waals surface area contributed by atoms with Crippen molar-refractivity contribution in [2.24, 2.45) is 7.05 Å². The predicted octanol–water partition coefficient (Wildman–Crippen LogP) is 6.20. The number of allylic oxidation sites excluding steroid dienone is 3. The Balaban J connectivity index is 1.74. The fraction of sp³-hybridized carbons (Fsp3) is 0.682. The van der Waals surface area contributed by atoms with Crippen LogP contribution in [0.5, 0.6) is 0 Å². The number of hydrogen-bond donors (Lipinski definition) is 1. The standard InChI is InChI=1S/C22H38N2/c1-3-4-5-6-7-8-9-10-11-12-13-14-15-16-17-18-19-22-23-20-21-24(22)2/h3-5,20-21H,1,6-19H2,2H3/p+1. The number of aryl methyl sites for hydroxylation is 2. The van der Waals surface area contributed by atoms with Crippen molar-refractivity contribution in [1.29, 1.82) is 0 Å². The lowest BCUT2D eigenvalue weighted by molar-refractivity contribution is -0.677. The maximum atomic E-state index is 3.69. The van der Waals surface area contributed by atoms with Crippen molar-refractivity contribution in [2.75, 3.05) is 0 Å². The van der Waals surface area contributed by atoms with Gasteiger partial charge in [-0.05, 0) is 19.3 Å². The molecule has 1 rings (SSSR count). The van der Waals surface area contributed by atoms with Gasteiger partial charge in [-0.3, -0.25) is 0 Å². The molecule has 0 amide bonds. The van der Waals surface area contributed by atoms with E-state index in [0.717, 1.165) is 0 Å². The Morgan fingerprint density at radius 3 is 1.92 bits per heavy atom. The van der Waals surface area contributed by atoms with E-state index < -0.39 is 0 Å². The maximum Gasteiger partial charge on any atom is 0.253 e. The number of imidazole rings is 1. The van der Waals surface area contributed by atoms with Crippen molar-refractivity contribution in [2.45, 2.75) is 89.9 Å². The Hall–Kier alpha value is -1.31. The van der Waals surface area contributed by atoms with Gasteiger partial charge < -0.3 is 0 Å². The summed E-state index contributed by atoms with van der Waals surface area (Å²) >= 11 is 0. The Kier molecular flexibility index (Phi) is 13.2. The van der Waals surface area contributed by atoms with Crippen molar-refractivity contribution in [3.05, 3.63) is 43.0 Å². The lowest BCUT2D eigenvalue weighted by Crippen LogP contribution is -2.30. The van der Waals surface area contributed by atoms with Gasteiger partial charge in [-0.15, -0.1) is 0 Å². The van der Waals surface area contributed by atoms with Crippen molar-refractivity contribution in [3.63, 3.8) is 0 Å². The first-order valence-corrected chi connectivity index (χ1v) is 10.1. The number of hydrogen-bond acceptors (Lipinski definition) is 0. The molecule has 0 aliphatic rings. The predicted molar refractivity (Wildman–Crippen MR) is 105 cm³/mol. The minimum Gasteiger partial charge on any atom is -0.248 e. The molecule has 0 saturated heterocycles. The van der Waals surface area contributed by atoms with Gasteiger partial charge in [-0.1, -0.05) is 89.0 Å². The monoisotopic (exact) mass is 331 g/mol. The molecule has 1 aromatic rings. The van der Waals surface area contributed by atoms with Gasteiger partial charge in [0, 0.05) is 6.42 Å². The zero-order valence-corrected chi connectivity index (χ0v) is 15.9. The van der Waals surface area contributed by atoms with Gasteiger partial charge in [0.2, 0.25) is 0 Å². The topological polar surface area (TPSA) is 19.7 Å². The highest BCUT2D eigenvalue weighted by atomic mass is 15.0. The summed E-state index contributed by atoms with van der Waals surface area (Å²) in [6, 6.07) is 0. The highest BCUT2D eigenvalue weighted by Crippen LogP contribution is 2.13. The second-order valence-electron chi connectivity index (χ2n) is 6.96. The molecule has 0 spiro atoms. The fourth-order valence-electron chi connectivity index (χ4n) is 3.20. The van der Waals surface area contributed by atoms with Crippen LogP contribution >= 0.6 is 0 Å². The molecule has 0 aliphatic carbocycles. The van der Waals surface area contributed by atoms with Gasteiger partial charge in [-0.2, -0.15) is 0 Å². The molecule has 1 N–H and O–H groups in total. The van der Waals surface area contributed by atoms with Crippen LogP contribution in [0.3, 0.4) is 0 Å². The van der Waals surface area contributed by atoms with E-state index in [1.807, 2.05) is 12.3 Å². The van der Waals surface area contributed by atoms with Crippen molar-refractivity contribution >= 4 is 0 Å². The van der Waals surface area contributed by atoms with Gasteiger partial charge in [0.25, 0.3) is 5.82 Å². The van der Waals surface area contributed by atoms with E-state index in [9.17, 15) is 0 Å². The molecule has 136 valence electrons. The number of aromatic nitrogens is 2. The molecule has 1 heterocycles. The van der Waals surface area contributed by atoms with Crippen LogP contribution in [0.2, 0.25) is 0 Å². The molecule has 2 nitrogen and oxygen atoms in total. The van der Waals surface area contributed by atoms with Crippen molar-refractivity contribution < 1.29 is 4.57 Å². The van der Waals surface area contributed by atoms with Gasteiger partial charge in [0.1, 0.15) is 12.4 Å². The lowest BCUT2D eigenvalue weighted by Gasteiger charge is -2.02. The average molecular weight is 332 g/mol. The Morgan fingerprint density at radius 2 is 1.42 bits per heavy atom. The minimum atomic E-state index is 1.19. The second kappa shape index (κ2) is 15.2. The van der Waals surface area contributed by atoms with E-state index in [2.05, 4.69) is 41.5 Å². The van der Waals surface area contributed by atoms with Crippen LogP contribution in [-0.2, 0) is 13.5 Å². The summed E-state index contributed by atoms with van der Waals surface area (Å²) in [7, 11) is 2.12. The third-order valence-electron chi connectivity index (χ3n) is 4.78. The first kappa shape index (κ1) is 20.7. The molecule has 2 heteroatoms. The molecular weight excluding hydrogens is 292 g/mol. The number of nitrogens with zero attached hydrogens (tertiary/aromatic N) is 1. The third-order valence-corrected chi connectivity index (χ3v) is 4.78. The molecule has 1 aromatic heterocycles. The summed E-state index contributed by atoms with van der Waals surface area (Å²) in [4.78, 5) is 3.31. The smallest absolute Gasteiger partial charge is 0.248 e. The normalized spacial score (nSPS) is 11.4. The Labute approximate surface area is 150 Å². The highest BCUT2D eigenvalue weighted by Gasteiger charge is 2.04. The van der Waals surface area contributed by atoms with Crippen LogP contribution in [0.15, 0.2) is 37.2 Å². The van der Waals surface area contributed by atoms with Crippen LogP contribution in [0.25, 0.3) is 0 Å². The van der Waals surface area contributed by atoms with Crippen LogP contribution in [-0.4, -0.2) is 4.98 Å². The Morgan fingerprint density at radius 1 is 0.875 bits per heavy atom. The zero-order chi connectivity index (χ0) is 17.3. The molecule has 0 aliphatic heterocycles. The molecule has 0 radical (unpaired) electrons. The van der Waals surface area contributed by atoms with E-state index in [4.69, 9.17) is 0 Å². The SMILES string of the molecule is C=CC=CCCCCCCCCCCCCCCc1[nH]cc[n+]1C. The number of rotatable bonds is 16. The summed E-state index contributed by atoms with van der Waals surface area (Å²) in [5, 5.41) is 0. The second-order valence-corrected chi connectivity index (χ2v) is 6.96. The van der Waals surface area contributed by atoms with Crippen molar-refractivity contribution in [3.8, 4) is 0 Å². The van der Waals surface area contributed by atoms with Gasteiger partial charge in [0.05, 0.1) is 7.05 Å². The van der Waals surface area contributed by atoms with E-state index in [-0.39, 0.29) is 0 Å². The number of nitrogens with one attached hydrogen (secondary N) is 1. The van der Waals surface area contributed by atoms with E-state index in [1.54, 1.807) is 0 Å². The summed E-state index contributed by atoms with van der Waals surface area (Å²) in [5.41, 5.74) is 0. The first-order chi connectivity index (χ1) is 11.8. The molecular formula is C22H39N2+. The summed E-state index contributed by atoms with van der Waals surface area (Å²) in [5.74, 6) is 1.35. The molecule has 24 heavy (non-hydrogen) atoms. The first-order valence-electron chi connectivity index (χ1n) is 10.1. The van der Waals surface area contributed by atoms with Crippen LogP contribution < -0.4 is 4.57 Å². The average Bonchev–Trinajstić information content (AvgIpc) is 2.99. The molecule has 0 atom stereocenters. The summed E-state index contributed by atoms with van der Waals surface area (Å²) in [6.07, 6.45) is 29.5. The van der Waals surface area contributed by atoms with Gasteiger partial charge in [-0.25, -0.2) is 9.55 Å². The third kappa shape index (κ3) is 11.3. The van der Waals surface area contributed by atoms with Gasteiger partial charge >= 0.3 is 0 Å². The maximum absolute atomic E-state index is 3.69.